The molecule has 3 N–H and O–H groups in total. The smallest absolute Gasteiger partial charge is 0.410 e. The van der Waals surface area contributed by atoms with E-state index >= 15 is 0 Å². The van der Waals surface area contributed by atoms with Gasteiger partial charge in [-0.1, -0.05) is 42.5 Å². The van der Waals surface area contributed by atoms with Crippen molar-refractivity contribution in [3.8, 4) is 18.2 Å². The van der Waals surface area contributed by atoms with E-state index in [1.165, 1.54) is 4.90 Å². The molecule has 2 unspecified atom stereocenters. The molecule has 0 spiro atoms. The SMILES string of the molecule is CCO.N#CC1=C(N)C(C#N)(C#N)C(c2cccnc2)C2CN(C(=O)OCc3ccccc3)CC=C12. The van der Waals surface area contributed by atoms with Crippen LogP contribution in [-0.4, -0.2) is 40.8 Å². The molecule has 1 amide bonds. The Morgan fingerprint density at radius 3 is 2.50 bits per heavy atom. The molecule has 0 fully saturated rings. The van der Waals surface area contributed by atoms with Crippen LogP contribution in [0.25, 0.3) is 0 Å². The van der Waals surface area contributed by atoms with Gasteiger partial charge in [0, 0.05) is 43.9 Å². The second-order valence-corrected chi connectivity index (χ2v) is 8.22. The number of rotatable bonds is 3. The summed E-state index contributed by atoms with van der Waals surface area (Å²) in [5.41, 5.74) is 6.70. The highest BCUT2D eigenvalue weighted by Crippen LogP contribution is 2.53. The fourth-order valence-electron chi connectivity index (χ4n) is 4.58. The van der Waals surface area contributed by atoms with Crippen LogP contribution in [0.5, 0.6) is 0 Å². The molecule has 9 heteroatoms. The van der Waals surface area contributed by atoms with Gasteiger partial charge in [-0.15, -0.1) is 0 Å². The second-order valence-electron chi connectivity index (χ2n) is 8.22. The lowest BCUT2D eigenvalue weighted by Gasteiger charge is -2.45. The molecule has 4 rings (SSSR count). The molecule has 2 heterocycles. The number of carbonyl (C=O) groups is 1. The van der Waals surface area contributed by atoms with Gasteiger partial charge in [-0.2, -0.15) is 15.8 Å². The lowest BCUT2D eigenvalue weighted by atomic mass is 9.58. The van der Waals surface area contributed by atoms with Crippen molar-refractivity contribution in [3.63, 3.8) is 0 Å². The second kappa shape index (κ2) is 11.7. The first-order chi connectivity index (χ1) is 17.5. The predicted molar refractivity (Wildman–Crippen MR) is 130 cm³/mol. The van der Waals surface area contributed by atoms with Gasteiger partial charge < -0.3 is 20.5 Å². The Kier molecular flexibility index (Phi) is 8.41. The van der Waals surface area contributed by atoms with Crippen molar-refractivity contribution in [2.45, 2.75) is 19.4 Å². The van der Waals surface area contributed by atoms with Gasteiger partial charge >= 0.3 is 6.09 Å². The number of nitrogens with two attached hydrogens (primary N) is 1. The van der Waals surface area contributed by atoms with Crippen LogP contribution >= 0.6 is 0 Å². The van der Waals surface area contributed by atoms with Crippen LogP contribution in [0, 0.1) is 45.3 Å². The maximum atomic E-state index is 12.8. The lowest BCUT2D eigenvalue weighted by Crippen LogP contribution is -2.49. The number of aliphatic hydroxyl groups excluding tert-OH is 1. The molecular weight excluding hydrogens is 456 g/mol. The molecule has 1 aliphatic heterocycles. The van der Waals surface area contributed by atoms with E-state index in [1.54, 1.807) is 37.5 Å². The maximum absolute atomic E-state index is 12.8. The molecular formula is C27H26N6O3. The molecule has 0 saturated carbocycles. The summed E-state index contributed by atoms with van der Waals surface area (Å²) < 4.78 is 5.48. The lowest BCUT2D eigenvalue weighted by molar-refractivity contribution is 0.0898. The van der Waals surface area contributed by atoms with Gasteiger partial charge in [-0.05, 0) is 29.7 Å². The van der Waals surface area contributed by atoms with Gasteiger partial charge in [0.15, 0.2) is 5.41 Å². The first kappa shape index (κ1) is 26.0. The zero-order chi connectivity index (χ0) is 26.1. The van der Waals surface area contributed by atoms with Gasteiger partial charge in [0.2, 0.25) is 0 Å². The number of allylic oxidation sites excluding steroid dienone is 2. The summed E-state index contributed by atoms with van der Waals surface area (Å²) in [4.78, 5) is 18.5. The Balaban J connectivity index is 0.00000115. The van der Waals surface area contributed by atoms with Crippen molar-refractivity contribution >= 4 is 6.09 Å². The molecule has 1 aromatic carbocycles. The average molecular weight is 483 g/mol. The third kappa shape index (κ3) is 4.90. The highest BCUT2D eigenvalue weighted by Gasteiger charge is 2.54. The fraction of sp³-hybridized carbons (Fsp3) is 0.296. The molecule has 0 saturated heterocycles. The number of hydrogen-bond acceptors (Lipinski definition) is 8. The Bertz CT molecular complexity index is 1250. The highest BCUT2D eigenvalue weighted by molar-refractivity contribution is 5.69. The van der Waals surface area contributed by atoms with E-state index in [0.717, 1.165) is 5.56 Å². The minimum Gasteiger partial charge on any atom is -0.445 e. The third-order valence-corrected chi connectivity index (χ3v) is 6.17. The summed E-state index contributed by atoms with van der Waals surface area (Å²) >= 11 is 0. The molecule has 1 aliphatic carbocycles. The van der Waals surface area contributed by atoms with Crippen molar-refractivity contribution in [2.75, 3.05) is 19.7 Å². The van der Waals surface area contributed by atoms with Crippen molar-refractivity contribution in [2.24, 2.45) is 17.1 Å². The predicted octanol–water partition coefficient (Wildman–Crippen LogP) is 3.14. The summed E-state index contributed by atoms with van der Waals surface area (Å²) in [6.45, 7) is 2.45. The summed E-state index contributed by atoms with van der Waals surface area (Å²) in [5.74, 6) is -1.22. The number of amides is 1. The van der Waals surface area contributed by atoms with Crippen LogP contribution < -0.4 is 5.73 Å². The minimum atomic E-state index is -1.77. The van der Waals surface area contributed by atoms with Gasteiger partial charge in [0.25, 0.3) is 0 Å². The van der Waals surface area contributed by atoms with Crippen molar-refractivity contribution in [3.05, 3.63) is 88.9 Å². The zero-order valence-corrected chi connectivity index (χ0v) is 19.8. The molecule has 0 bridgehead atoms. The summed E-state index contributed by atoms with van der Waals surface area (Å²) in [5, 5.41) is 37.6. The number of aromatic nitrogens is 1. The number of hydrogen-bond donors (Lipinski definition) is 2. The normalized spacial score (nSPS) is 19.8. The molecule has 1 aromatic heterocycles. The molecule has 2 aliphatic rings. The Hall–Kier alpha value is -4.65. The zero-order valence-electron chi connectivity index (χ0n) is 19.8. The molecule has 2 aromatic rings. The van der Waals surface area contributed by atoms with Gasteiger partial charge in [0.1, 0.15) is 12.7 Å². The monoisotopic (exact) mass is 482 g/mol. The van der Waals surface area contributed by atoms with E-state index in [0.29, 0.717) is 11.1 Å². The number of carbonyl (C=O) groups excluding carboxylic acids is 1. The Morgan fingerprint density at radius 2 is 1.92 bits per heavy atom. The van der Waals surface area contributed by atoms with E-state index in [4.69, 9.17) is 15.6 Å². The number of nitrogens with zero attached hydrogens (tertiary/aromatic N) is 5. The molecule has 182 valence electrons. The van der Waals surface area contributed by atoms with E-state index in [-0.39, 0.29) is 37.6 Å². The van der Waals surface area contributed by atoms with Crippen LogP contribution in [0.4, 0.5) is 4.79 Å². The number of fused-ring (bicyclic) bond motifs is 1. The summed E-state index contributed by atoms with van der Waals surface area (Å²) in [6.07, 6.45) is 4.42. The number of nitriles is 3. The van der Waals surface area contributed by atoms with Crippen LogP contribution in [-0.2, 0) is 11.3 Å². The van der Waals surface area contributed by atoms with E-state index in [2.05, 4.69) is 23.2 Å². The molecule has 36 heavy (non-hydrogen) atoms. The van der Waals surface area contributed by atoms with Crippen molar-refractivity contribution in [1.82, 2.24) is 9.88 Å². The summed E-state index contributed by atoms with van der Waals surface area (Å²) in [7, 11) is 0. The first-order valence-electron chi connectivity index (χ1n) is 11.4. The van der Waals surface area contributed by atoms with Crippen molar-refractivity contribution in [1.29, 1.82) is 15.8 Å². The number of ether oxygens (including phenoxy) is 1. The maximum Gasteiger partial charge on any atom is 0.410 e. The number of benzene rings is 1. The number of pyridine rings is 1. The topological polar surface area (TPSA) is 160 Å². The average Bonchev–Trinajstić information content (AvgIpc) is 2.92. The number of aliphatic hydroxyl groups is 1. The Morgan fingerprint density at radius 1 is 1.22 bits per heavy atom. The van der Waals surface area contributed by atoms with Gasteiger partial charge in [-0.3, -0.25) is 4.98 Å². The van der Waals surface area contributed by atoms with E-state index < -0.39 is 23.3 Å². The fourth-order valence-corrected chi connectivity index (χ4v) is 4.58. The van der Waals surface area contributed by atoms with E-state index in [1.807, 2.05) is 30.3 Å². The highest BCUT2D eigenvalue weighted by atomic mass is 16.6. The first-order valence-corrected chi connectivity index (χ1v) is 11.4. The van der Waals surface area contributed by atoms with Crippen LogP contribution in [0.2, 0.25) is 0 Å². The van der Waals surface area contributed by atoms with Crippen molar-refractivity contribution < 1.29 is 14.6 Å². The molecule has 9 nitrogen and oxygen atoms in total. The van der Waals surface area contributed by atoms with Gasteiger partial charge in [0.05, 0.1) is 23.4 Å². The summed E-state index contributed by atoms with van der Waals surface area (Å²) in [6, 6.07) is 19.0. The van der Waals surface area contributed by atoms with Crippen LogP contribution in [0.1, 0.15) is 24.0 Å². The van der Waals surface area contributed by atoms with Gasteiger partial charge in [-0.25, -0.2) is 4.79 Å². The molecule has 2 atom stereocenters. The van der Waals surface area contributed by atoms with Crippen LogP contribution in [0.3, 0.4) is 0 Å². The minimum absolute atomic E-state index is 0.0635. The Labute approximate surface area is 210 Å². The molecule has 0 radical (unpaired) electrons. The third-order valence-electron chi connectivity index (χ3n) is 6.17. The van der Waals surface area contributed by atoms with E-state index in [9.17, 15) is 20.6 Å². The van der Waals surface area contributed by atoms with Crippen LogP contribution in [0.15, 0.2) is 77.8 Å². The largest absolute Gasteiger partial charge is 0.445 e. The standard InChI is InChI=1S/C25H20N6O2.C2H6O/c26-11-20-19-8-10-31(24(32)33-14-17-5-2-1-3-6-17)13-21(19)22(18-7-4-9-30-12-18)25(15-27,16-28)23(20)29;1-2-3/h1-9,12,21-22H,10,13-14,29H2;3H,2H2,1H3. The quantitative estimate of drug-likeness (QED) is 0.674.